The molecule has 0 aliphatic carbocycles. The van der Waals surface area contributed by atoms with Crippen molar-refractivity contribution in [2.45, 2.75) is 83.0 Å². The van der Waals surface area contributed by atoms with Gasteiger partial charge in [0, 0.05) is 6.08 Å². The molecule has 0 saturated heterocycles. The van der Waals surface area contributed by atoms with Gasteiger partial charge in [-0.2, -0.15) is 0 Å². The van der Waals surface area contributed by atoms with Crippen LogP contribution in [0, 0.1) is 0 Å². The lowest BCUT2D eigenvalue weighted by Crippen LogP contribution is -2.25. The molecule has 0 bridgehead atoms. The molecular formula is C20H34O5. The summed E-state index contributed by atoms with van der Waals surface area (Å²) in [6.45, 7) is 1.79. The van der Waals surface area contributed by atoms with Crippen molar-refractivity contribution in [3.8, 4) is 0 Å². The molecule has 4 N–H and O–H groups in total. The van der Waals surface area contributed by atoms with Crippen LogP contribution in [0.15, 0.2) is 36.5 Å². The molecule has 0 fully saturated rings. The molecule has 0 aliphatic heterocycles. The molecule has 144 valence electrons. The van der Waals surface area contributed by atoms with Gasteiger partial charge in [0.2, 0.25) is 0 Å². The Morgan fingerprint density at radius 3 is 1.96 bits per heavy atom. The third-order valence-corrected chi connectivity index (χ3v) is 3.89. The number of rotatable bonds is 15. The number of carboxylic acid groups (broad SMARTS) is 1. The van der Waals surface area contributed by atoms with Crippen molar-refractivity contribution in [3.05, 3.63) is 36.5 Å². The van der Waals surface area contributed by atoms with Gasteiger partial charge in [-0.15, -0.1) is 0 Å². The molecule has 0 aliphatic rings. The highest BCUT2D eigenvalue weighted by atomic mass is 16.4. The zero-order valence-corrected chi connectivity index (χ0v) is 15.3. The van der Waals surface area contributed by atoms with Gasteiger partial charge in [0.1, 0.15) is 0 Å². The van der Waals surface area contributed by atoms with Gasteiger partial charge in [0.25, 0.3) is 0 Å². The van der Waals surface area contributed by atoms with Crippen LogP contribution in [0.1, 0.15) is 64.7 Å². The first-order chi connectivity index (χ1) is 11.9. The van der Waals surface area contributed by atoms with E-state index in [4.69, 9.17) is 10.2 Å². The van der Waals surface area contributed by atoms with Gasteiger partial charge >= 0.3 is 5.97 Å². The maximum atomic E-state index is 10.2. The summed E-state index contributed by atoms with van der Waals surface area (Å²) in [5.41, 5.74) is 0. The summed E-state index contributed by atoms with van der Waals surface area (Å²) in [6, 6.07) is 0. The molecule has 0 aromatic heterocycles. The standard InChI is InChI=1S/C20H34O5/c1-17(21)13-9-7-8-11-15-19(23)18(22)14-10-5-3-2-4-6-12-16-20(24)25/h2-4,6,12,16-19,21-23H,5,7-11,13-15H2,1H3,(H,24,25). The smallest absolute Gasteiger partial charge is 0.328 e. The first-order valence-corrected chi connectivity index (χ1v) is 9.20. The Morgan fingerprint density at radius 2 is 1.36 bits per heavy atom. The van der Waals surface area contributed by atoms with Crippen LogP contribution in [-0.4, -0.2) is 44.7 Å². The van der Waals surface area contributed by atoms with Crippen LogP contribution in [0.3, 0.4) is 0 Å². The Kier molecular flexibility index (Phi) is 15.1. The predicted molar refractivity (Wildman–Crippen MR) is 100 cm³/mol. The van der Waals surface area contributed by atoms with Crippen molar-refractivity contribution in [2.24, 2.45) is 0 Å². The summed E-state index contributed by atoms with van der Waals surface area (Å²) < 4.78 is 0. The molecule has 0 aromatic rings. The number of hydrogen-bond acceptors (Lipinski definition) is 4. The van der Waals surface area contributed by atoms with E-state index in [1.165, 1.54) is 6.08 Å². The van der Waals surface area contributed by atoms with Crippen LogP contribution in [0.25, 0.3) is 0 Å². The van der Waals surface area contributed by atoms with Gasteiger partial charge < -0.3 is 20.4 Å². The lowest BCUT2D eigenvalue weighted by Gasteiger charge is -2.17. The summed E-state index contributed by atoms with van der Waals surface area (Å²) in [5.74, 6) is -0.971. The number of carbonyl (C=O) groups is 1. The van der Waals surface area contributed by atoms with Crippen molar-refractivity contribution in [3.63, 3.8) is 0 Å². The fraction of sp³-hybridized carbons (Fsp3) is 0.650. The Bertz CT molecular complexity index is 412. The number of allylic oxidation sites excluding steroid dienone is 5. The van der Waals surface area contributed by atoms with Gasteiger partial charge in [0.15, 0.2) is 0 Å². The second-order valence-electron chi connectivity index (χ2n) is 6.42. The highest BCUT2D eigenvalue weighted by Gasteiger charge is 2.14. The number of aliphatic hydroxyl groups excluding tert-OH is 3. The highest BCUT2D eigenvalue weighted by Crippen LogP contribution is 2.13. The Morgan fingerprint density at radius 1 is 0.800 bits per heavy atom. The minimum atomic E-state index is -0.971. The third kappa shape index (κ3) is 17.2. The van der Waals surface area contributed by atoms with Gasteiger partial charge in [-0.25, -0.2) is 4.79 Å². The number of unbranched alkanes of at least 4 members (excludes halogenated alkanes) is 4. The molecule has 0 saturated carbocycles. The molecule has 0 amide bonds. The molecule has 5 nitrogen and oxygen atoms in total. The fourth-order valence-electron chi connectivity index (χ4n) is 2.42. The minimum absolute atomic E-state index is 0.238. The largest absolute Gasteiger partial charge is 0.478 e. The summed E-state index contributed by atoms with van der Waals surface area (Å²) in [5, 5.41) is 37.4. The zero-order chi connectivity index (χ0) is 18.9. The van der Waals surface area contributed by atoms with Crippen LogP contribution in [0.5, 0.6) is 0 Å². The number of hydrogen-bond donors (Lipinski definition) is 4. The number of carboxylic acids is 1. The van der Waals surface area contributed by atoms with Gasteiger partial charge in [-0.1, -0.05) is 56.1 Å². The first-order valence-electron chi connectivity index (χ1n) is 9.20. The van der Waals surface area contributed by atoms with Crippen LogP contribution in [-0.2, 0) is 4.79 Å². The molecule has 0 spiro atoms. The molecule has 25 heavy (non-hydrogen) atoms. The molecule has 3 unspecified atom stereocenters. The Labute approximate surface area is 151 Å². The van der Waals surface area contributed by atoms with E-state index in [0.29, 0.717) is 12.8 Å². The molecular weight excluding hydrogens is 320 g/mol. The normalized spacial score (nSPS) is 16.0. The molecule has 0 heterocycles. The summed E-state index contributed by atoms with van der Waals surface area (Å²) in [4.78, 5) is 10.2. The zero-order valence-electron chi connectivity index (χ0n) is 15.3. The topological polar surface area (TPSA) is 98.0 Å². The first kappa shape index (κ1) is 23.6. The maximum absolute atomic E-state index is 10.2. The van der Waals surface area contributed by atoms with Gasteiger partial charge in [-0.05, 0) is 39.0 Å². The quantitative estimate of drug-likeness (QED) is 0.205. The van der Waals surface area contributed by atoms with E-state index in [1.54, 1.807) is 19.1 Å². The van der Waals surface area contributed by atoms with Gasteiger partial charge in [0.05, 0.1) is 18.3 Å². The molecule has 0 radical (unpaired) electrons. The third-order valence-electron chi connectivity index (χ3n) is 3.89. The average molecular weight is 354 g/mol. The number of aliphatic carboxylic acids is 1. The summed E-state index contributed by atoms with van der Waals surface area (Å²) in [7, 11) is 0. The second-order valence-corrected chi connectivity index (χ2v) is 6.42. The second kappa shape index (κ2) is 16.1. The van der Waals surface area contributed by atoms with Gasteiger partial charge in [-0.3, -0.25) is 0 Å². The molecule has 0 aromatic carbocycles. The van der Waals surface area contributed by atoms with E-state index in [2.05, 4.69) is 0 Å². The molecule has 0 rings (SSSR count). The van der Waals surface area contributed by atoms with E-state index >= 15 is 0 Å². The molecule has 5 heteroatoms. The van der Waals surface area contributed by atoms with Crippen LogP contribution < -0.4 is 0 Å². The lowest BCUT2D eigenvalue weighted by atomic mass is 10.0. The van der Waals surface area contributed by atoms with Crippen molar-refractivity contribution < 1.29 is 25.2 Å². The van der Waals surface area contributed by atoms with E-state index < -0.39 is 18.2 Å². The average Bonchev–Trinajstić information content (AvgIpc) is 2.55. The number of aliphatic hydroxyl groups is 3. The van der Waals surface area contributed by atoms with E-state index in [0.717, 1.165) is 51.0 Å². The van der Waals surface area contributed by atoms with Crippen molar-refractivity contribution in [1.82, 2.24) is 0 Å². The van der Waals surface area contributed by atoms with E-state index in [9.17, 15) is 15.0 Å². The summed E-state index contributed by atoms with van der Waals surface area (Å²) >= 11 is 0. The maximum Gasteiger partial charge on any atom is 0.328 e. The minimum Gasteiger partial charge on any atom is -0.478 e. The van der Waals surface area contributed by atoms with E-state index in [-0.39, 0.29) is 6.10 Å². The SMILES string of the molecule is CC(O)CCCCCCC(O)C(O)CCCC=CC=CC=CC(=O)O. The Balaban J connectivity index is 3.63. The van der Waals surface area contributed by atoms with Crippen LogP contribution in [0.2, 0.25) is 0 Å². The van der Waals surface area contributed by atoms with Crippen molar-refractivity contribution in [2.75, 3.05) is 0 Å². The predicted octanol–water partition coefficient (Wildman–Crippen LogP) is 3.35. The van der Waals surface area contributed by atoms with Crippen LogP contribution >= 0.6 is 0 Å². The summed E-state index contributed by atoms with van der Waals surface area (Å²) in [6.07, 6.45) is 15.7. The molecule has 3 atom stereocenters. The monoisotopic (exact) mass is 354 g/mol. The lowest BCUT2D eigenvalue weighted by molar-refractivity contribution is -0.131. The fourth-order valence-corrected chi connectivity index (χ4v) is 2.42. The van der Waals surface area contributed by atoms with Crippen LogP contribution in [0.4, 0.5) is 0 Å². The van der Waals surface area contributed by atoms with E-state index in [1.807, 2.05) is 12.2 Å². The Hall–Kier alpha value is -1.43. The van der Waals surface area contributed by atoms with Crippen molar-refractivity contribution >= 4 is 5.97 Å². The van der Waals surface area contributed by atoms with Crippen molar-refractivity contribution in [1.29, 1.82) is 0 Å². The highest BCUT2D eigenvalue weighted by molar-refractivity contribution is 5.80.